The smallest absolute Gasteiger partial charge is 0.290 e. The van der Waals surface area contributed by atoms with Gasteiger partial charge in [-0.05, 0) is 68.9 Å². The molecule has 156 valence electrons. The molecular formula is C23H22Cl2N2O3. The van der Waals surface area contributed by atoms with Crippen LogP contribution in [0.4, 0.5) is 0 Å². The Labute approximate surface area is 184 Å². The van der Waals surface area contributed by atoms with Gasteiger partial charge in [0, 0.05) is 13.1 Å². The lowest BCUT2D eigenvalue weighted by atomic mass is 9.97. The molecule has 4 rings (SSSR count). The molecule has 0 radical (unpaired) electrons. The van der Waals surface area contributed by atoms with Crippen LogP contribution in [-0.2, 0) is 0 Å². The summed E-state index contributed by atoms with van der Waals surface area (Å²) in [5.41, 5.74) is 3.32. The van der Waals surface area contributed by atoms with Crippen molar-refractivity contribution < 1.29 is 9.21 Å². The van der Waals surface area contributed by atoms with Crippen LogP contribution < -0.4 is 5.43 Å². The number of fused-ring (bicyclic) bond motifs is 2. The van der Waals surface area contributed by atoms with E-state index in [1.165, 1.54) is 0 Å². The topological polar surface area (TPSA) is 53.8 Å². The first kappa shape index (κ1) is 20.9. The van der Waals surface area contributed by atoms with Gasteiger partial charge < -0.3 is 14.2 Å². The van der Waals surface area contributed by atoms with Gasteiger partial charge in [-0.2, -0.15) is 0 Å². The highest BCUT2D eigenvalue weighted by atomic mass is 35.5. The Hall–Kier alpha value is -2.34. The number of hydrogen-bond donors (Lipinski definition) is 0. The minimum atomic E-state index is -0.579. The van der Waals surface area contributed by atoms with E-state index in [-0.39, 0.29) is 17.1 Å². The summed E-state index contributed by atoms with van der Waals surface area (Å²) in [5.74, 6) is -0.189. The van der Waals surface area contributed by atoms with Crippen molar-refractivity contribution in [2.75, 3.05) is 27.2 Å². The van der Waals surface area contributed by atoms with Crippen LogP contribution in [0.1, 0.15) is 38.9 Å². The number of likely N-dealkylation sites (N-methyl/N-ethyl adjacent to an activating group) is 1. The minimum absolute atomic E-state index is 0.102. The molecule has 7 heteroatoms. The van der Waals surface area contributed by atoms with Crippen LogP contribution in [0.5, 0.6) is 0 Å². The Morgan fingerprint density at radius 2 is 1.73 bits per heavy atom. The molecule has 1 amide bonds. The van der Waals surface area contributed by atoms with Crippen LogP contribution in [0.15, 0.2) is 39.5 Å². The highest BCUT2D eigenvalue weighted by Crippen LogP contribution is 2.39. The zero-order valence-corrected chi connectivity index (χ0v) is 18.8. The lowest BCUT2D eigenvalue weighted by molar-refractivity contribution is 0.0716. The number of benzene rings is 2. The first-order valence-electron chi connectivity index (χ1n) is 9.67. The lowest BCUT2D eigenvalue weighted by Gasteiger charge is -2.26. The SMILES string of the molecule is Cc1cc2oc3c(c(=O)c2cc1C)C(c1ccc(Cl)c(Cl)c1)N(CCN(C)C)C3=O. The molecule has 30 heavy (non-hydrogen) atoms. The van der Waals surface area contributed by atoms with Gasteiger partial charge in [-0.1, -0.05) is 29.3 Å². The molecule has 0 bridgehead atoms. The Kier molecular flexibility index (Phi) is 5.39. The maximum absolute atomic E-state index is 13.5. The molecule has 0 saturated heterocycles. The third-order valence-electron chi connectivity index (χ3n) is 5.63. The van der Waals surface area contributed by atoms with Crippen molar-refractivity contribution in [3.63, 3.8) is 0 Å². The molecule has 1 atom stereocenters. The van der Waals surface area contributed by atoms with E-state index < -0.39 is 6.04 Å². The van der Waals surface area contributed by atoms with Crippen LogP contribution in [0.25, 0.3) is 11.0 Å². The van der Waals surface area contributed by atoms with Crippen molar-refractivity contribution in [2.45, 2.75) is 19.9 Å². The van der Waals surface area contributed by atoms with Gasteiger partial charge in [0.1, 0.15) is 5.58 Å². The van der Waals surface area contributed by atoms with Crippen molar-refractivity contribution in [1.82, 2.24) is 9.80 Å². The Balaban J connectivity index is 1.97. The van der Waals surface area contributed by atoms with Crippen LogP contribution in [0.3, 0.4) is 0 Å². The number of amides is 1. The average Bonchev–Trinajstić information content (AvgIpc) is 2.96. The number of carbonyl (C=O) groups excluding carboxylic acids is 1. The molecule has 3 aromatic rings. The number of nitrogens with zero attached hydrogens (tertiary/aromatic N) is 2. The summed E-state index contributed by atoms with van der Waals surface area (Å²) in [6, 6.07) is 8.26. The second kappa shape index (κ2) is 7.73. The van der Waals surface area contributed by atoms with Gasteiger partial charge in [-0.25, -0.2) is 0 Å². The zero-order chi connectivity index (χ0) is 21.7. The monoisotopic (exact) mass is 444 g/mol. The Bertz CT molecular complexity index is 1230. The first-order valence-corrected chi connectivity index (χ1v) is 10.4. The van der Waals surface area contributed by atoms with E-state index in [1.807, 2.05) is 45.0 Å². The summed E-state index contributed by atoms with van der Waals surface area (Å²) < 4.78 is 6.01. The van der Waals surface area contributed by atoms with Crippen LogP contribution >= 0.6 is 23.2 Å². The fourth-order valence-corrected chi connectivity index (χ4v) is 4.15. The molecule has 2 heterocycles. The third kappa shape index (κ3) is 3.41. The number of hydrogen-bond acceptors (Lipinski definition) is 4. The zero-order valence-electron chi connectivity index (χ0n) is 17.3. The van der Waals surface area contributed by atoms with E-state index in [2.05, 4.69) is 0 Å². The molecule has 0 aliphatic carbocycles. The average molecular weight is 445 g/mol. The fraction of sp³-hybridized carbons (Fsp3) is 0.304. The number of rotatable bonds is 4. The van der Waals surface area contributed by atoms with Gasteiger partial charge in [0.15, 0.2) is 5.43 Å². The maximum Gasteiger partial charge on any atom is 0.290 e. The molecule has 2 aromatic carbocycles. The summed E-state index contributed by atoms with van der Waals surface area (Å²) in [5, 5.41) is 1.27. The van der Waals surface area contributed by atoms with E-state index in [0.29, 0.717) is 39.7 Å². The summed E-state index contributed by atoms with van der Waals surface area (Å²) in [6.07, 6.45) is 0. The first-order chi connectivity index (χ1) is 14.2. The summed E-state index contributed by atoms with van der Waals surface area (Å²) in [4.78, 5) is 30.5. The number of carbonyl (C=O) groups is 1. The highest BCUT2D eigenvalue weighted by Gasteiger charge is 2.42. The van der Waals surface area contributed by atoms with Crippen molar-refractivity contribution in [3.05, 3.63) is 78.6 Å². The molecule has 0 N–H and O–H groups in total. The third-order valence-corrected chi connectivity index (χ3v) is 6.37. The lowest BCUT2D eigenvalue weighted by Crippen LogP contribution is -2.35. The fourth-order valence-electron chi connectivity index (χ4n) is 3.84. The molecule has 1 aliphatic heterocycles. The van der Waals surface area contributed by atoms with Crippen LogP contribution in [-0.4, -0.2) is 42.9 Å². The molecule has 1 aliphatic rings. The van der Waals surface area contributed by atoms with E-state index in [0.717, 1.165) is 16.7 Å². The van der Waals surface area contributed by atoms with Crippen molar-refractivity contribution in [2.24, 2.45) is 0 Å². The predicted octanol–water partition coefficient (Wildman–Crippen LogP) is 4.82. The summed E-state index contributed by atoms with van der Waals surface area (Å²) >= 11 is 12.4. The second-order valence-electron chi connectivity index (χ2n) is 7.98. The molecule has 0 saturated carbocycles. The predicted molar refractivity (Wildman–Crippen MR) is 120 cm³/mol. The standard InChI is InChI=1S/C23H22Cl2N2O3/c1-12-9-15-18(10-13(12)2)30-22-19(21(15)28)20(14-5-6-16(24)17(25)11-14)27(23(22)29)8-7-26(3)4/h5-6,9-11,20H,7-8H2,1-4H3. The highest BCUT2D eigenvalue weighted by molar-refractivity contribution is 6.42. The largest absolute Gasteiger partial charge is 0.450 e. The van der Waals surface area contributed by atoms with Gasteiger partial charge in [-0.15, -0.1) is 0 Å². The van der Waals surface area contributed by atoms with Gasteiger partial charge in [0.2, 0.25) is 5.76 Å². The quantitative estimate of drug-likeness (QED) is 0.578. The van der Waals surface area contributed by atoms with Crippen LogP contribution in [0, 0.1) is 13.8 Å². The Morgan fingerprint density at radius 1 is 1.03 bits per heavy atom. The summed E-state index contributed by atoms with van der Waals surface area (Å²) in [7, 11) is 3.87. The molecule has 0 fully saturated rings. The Morgan fingerprint density at radius 3 is 2.40 bits per heavy atom. The minimum Gasteiger partial charge on any atom is -0.450 e. The molecular weight excluding hydrogens is 423 g/mol. The molecule has 5 nitrogen and oxygen atoms in total. The number of aryl methyl sites for hydroxylation is 2. The molecule has 1 aromatic heterocycles. The van der Waals surface area contributed by atoms with E-state index >= 15 is 0 Å². The van der Waals surface area contributed by atoms with Crippen LogP contribution in [0.2, 0.25) is 10.0 Å². The van der Waals surface area contributed by atoms with Gasteiger partial charge in [-0.3, -0.25) is 9.59 Å². The second-order valence-corrected chi connectivity index (χ2v) is 8.80. The summed E-state index contributed by atoms with van der Waals surface area (Å²) in [6.45, 7) is 4.98. The van der Waals surface area contributed by atoms with Gasteiger partial charge >= 0.3 is 0 Å². The molecule has 1 unspecified atom stereocenters. The van der Waals surface area contributed by atoms with E-state index in [1.54, 1.807) is 23.1 Å². The van der Waals surface area contributed by atoms with Crippen molar-refractivity contribution >= 4 is 40.1 Å². The number of halogens is 2. The van der Waals surface area contributed by atoms with Crippen molar-refractivity contribution in [3.8, 4) is 0 Å². The van der Waals surface area contributed by atoms with Gasteiger partial charge in [0.25, 0.3) is 5.91 Å². The van der Waals surface area contributed by atoms with E-state index in [4.69, 9.17) is 27.6 Å². The van der Waals surface area contributed by atoms with Crippen molar-refractivity contribution in [1.29, 1.82) is 0 Å². The molecule has 0 spiro atoms. The maximum atomic E-state index is 13.5. The van der Waals surface area contributed by atoms with E-state index in [9.17, 15) is 9.59 Å². The normalized spacial score (nSPS) is 16.0. The van der Waals surface area contributed by atoms with Gasteiger partial charge in [0.05, 0.1) is 27.0 Å².